The van der Waals surface area contributed by atoms with Gasteiger partial charge in [0.1, 0.15) is 6.04 Å². The molecule has 6 heteroatoms. The van der Waals surface area contributed by atoms with Crippen LogP contribution >= 0.6 is 11.3 Å². The molecule has 1 unspecified atom stereocenters. The molecule has 0 aliphatic carbocycles. The minimum absolute atomic E-state index is 0.338. The molecule has 1 atom stereocenters. The minimum Gasteiger partial charge on any atom is -0.480 e. The van der Waals surface area contributed by atoms with Crippen LogP contribution in [-0.2, 0) is 4.79 Å². The number of nitrogens with zero attached hydrogens (tertiary/aromatic N) is 2. The first-order valence-corrected chi connectivity index (χ1v) is 6.05. The summed E-state index contributed by atoms with van der Waals surface area (Å²) < 4.78 is 0. The van der Waals surface area contributed by atoms with Crippen LogP contribution in [0.1, 0.15) is 32.5 Å². The van der Waals surface area contributed by atoms with Gasteiger partial charge < -0.3 is 15.7 Å². The molecule has 16 heavy (non-hydrogen) atoms. The second-order valence-corrected chi connectivity index (χ2v) is 4.59. The van der Waals surface area contributed by atoms with E-state index in [4.69, 9.17) is 10.8 Å². The summed E-state index contributed by atoms with van der Waals surface area (Å²) in [6, 6.07) is -0.694. The van der Waals surface area contributed by atoms with Crippen molar-refractivity contribution >= 4 is 22.4 Å². The van der Waals surface area contributed by atoms with Crippen molar-refractivity contribution < 1.29 is 9.90 Å². The molecule has 1 aromatic rings. The molecule has 1 heterocycles. The molecule has 0 aliphatic rings. The predicted molar refractivity (Wildman–Crippen MR) is 64.8 cm³/mol. The lowest BCUT2D eigenvalue weighted by molar-refractivity contribution is -0.138. The smallest absolute Gasteiger partial charge is 0.326 e. The number of thiazole rings is 1. The van der Waals surface area contributed by atoms with Gasteiger partial charge in [0, 0.05) is 18.0 Å². The number of aliphatic carboxylic acids is 1. The first kappa shape index (κ1) is 12.9. The van der Waals surface area contributed by atoms with E-state index >= 15 is 0 Å². The SMILES string of the molecule is CCN(c1nc(C(N)C(=O)O)cs1)C(C)C. The molecule has 0 amide bonds. The third kappa shape index (κ3) is 2.70. The van der Waals surface area contributed by atoms with Crippen LogP contribution in [0.2, 0.25) is 0 Å². The highest BCUT2D eigenvalue weighted by Crippen LogP contribution is 2.24. The van der Waals surface area contributed by atoms with Gasteiger partial charge in [-0.25, -0.2) is 4.98 Å². The maximum Gasteiger partial charge on any atom is 0.326 e. The number of carbonyl (C=O) groups is 1. The zero-order valence-corrected chi connectivity index (χ0v) is 10.5. The first-order valence-electron chi connectivity index (χ1n) is 5.17. The Bertz CT molecular complexity index is 365. The first-order chi connectivity index (χ1) is 7.47. The Morgan fingerprint density at radius 1 is 1.69 bits per heavy atom. The molecule has 0 radical (unpaired) electrons. The van der Waals surface area contributed by atoms with Crippen molar-refractivity contribution in [2.75, 3.05) is 11.4 Å². The van der Waals surface area contributed by atoms with Crippen LogP contribution in [0.15, 0.2) is 5.38 Å². The standard InChI is InChI=1S/C10H17N3O2S/c1-4-13(6(2)3)10-12-7(5-16-10)8(11)9(14)15/h5-6,8H,4,11H2,1-3H3,(H,14,15). The molecular weight excluding hydrogens is 226 g/mol. The number of aromatic nitrogens is 1. The minimum atomic E-state index is -1.05. The molecule has 0 saturated carbocycles. The molecule has 1 rings (SSSR count). The highest BCUT2D eigenvalue weighted by molar-refractivity contribution is 7.13. The number of carboxylic acid groups (broad SMARTS) is 1. The van der Waals surface area contributed by atoms with Crippen molar-refractivity contribution in [1.82, 2.24) is 4.98 Å². The van der Waals surface area contributed by atoms with E-state index in [-0.39, 0.29) is 0 Å². The van der Waals surface area contributed by atoms with E-state index in [9.17, 15) is 4.79 Å². The number of nitrogens with two attached hydrogens (primary N) is 1. The predicted octanol–water partition coefficient (Wildman–Crippen LogP) is 1.46. The van der Waals surface area contributed by atoms with Crippen molar-refractivity contribution in [3.63, 3.8) is 0 Å². The van der Waals surface area contributed by atoms with Gasteiger partial charge in [-0.2, -0.15) is 0 Å². The van der Waals surface area contributed by atoms with Crippen molar-refractivity contribution in [3.8, 4) is 0 Å². The van der Waals surface area contributed by atoms with Crippen molar-refractivity contribution in [2.45, 2.75) is 32.9 Å². The fraction of sp³-hybridized carbons (Fsp3) is 0.600. The molecule has 0 aliphatic heterocycles. The summed E-state index contributed by atoms with van der Waals surface area (Å²) in [5, 5.41) is 11.3. The third-order valence-corrected chi connectivity index (χ3v) is 3.20. The van der Waals surface area contributed by atoms with Gasteiger partial charge in [0.2, 0.25) is 0 Å². The molecule has 5 nitrogen and oxygen atoms in total. The monoisotopic (exact) mass is 243 g/mol. The van der Waals surface area contributed by atoms with Crippen molar-refractivity contribution in [1.29, 1.82) is 0 Å². The van der Waals surface area contributed by atoms with Crippen LogP contribution in [0.25, 0.3) is 0 Å². The van der Waals surface area contributed by atoms with Crippen LogP contribution < -0.4 is 10.6 Å². The number of anilines is 1. The Kier molecular flexibility index (Phi) is 4.26. The normalized spacial score (nSPS) is 12.8. The Hall–Kier alpha value is -1.14. The van der Waals surface area contributed by atoms with Gasteiger partial charge in [-0.05, 0) is 20.8 Å². The van der Waals surface area contributed by atoms with E-state index in [1.165, 1.54) is 11.3 Å². The average Bonchev–Trinajstić information content (AvgIpc) is 2.66. The lowest BCUT2D eigenvalue weighted by Crippen LogP contribution is -2.30. The second-order valence-electron chi connectivity index (χ2n) is 3.75. The summed E-state index contributed by atoms with van der Waals surface area (Å²) in [4.78, 5) is 17.1. The molecule has 0 aromatic carbocycles. The number of hydrogen-bond donors (Lipinski definition) is 2. The van der Waals surface area contributed by atoms with Gasteiger partial charge in [0.15, 0.2) is 5.13 Å². The Balaban J connectivity index is 2.89. The van der Waals surface area contributed by atoms with E-state index in [1.54, 1.807) is 5.38 Å². The van der Waals surface area contributed by atoms with Gasteiger partial charge in [0.05, 0.1) is 5.69 Å². The fourth-order valence-corrected chi connectivity index (χ4v) is 2.46. The van der Waals surface area contributed by atoms with E-state index in [2.05, 4.69) is 23.7 Å². The molecule has 1 aromatic heterocycles. The van der Waals surface area contributed by atoms with Crippen molar-refractivity contribution in [2.24, 2.45) is 5.73 Å². The molecule has 90 valence electrons. The number of carboxylic acids is 1. The van der Waals surface area contributed by atoms with Crippen LogP contribution in [0.4, 0.5) is 5.13 Å². The van der Waals surface area contributed by atoms with Gasteiger partial charge in [-0.1, -0.05) is 0 Å². The molecular formula is C10H17N3O2S. The van der Waals surface area contributed by atoms with E-state index in [0.717, 1.165) is 11.7 Å². The van der Waals surface area contributed by atoms with Gasteiger partial charge >= 0.3 is 5.97 Å². The quantitative estimate of drug-likeness (QED) is 0.818. The van der Waals surface area contributed by atoms with Crippen molar-refractivity contribution in [3.05, 3.63) is 11.1 Å². The highest BCUT2D eigenvalue weighted by atomic mass is 32.1. The van der Waals surface area contributed by atoms with E-state index in [1.807, 2.05) is 6.92 Å². The fourth-order valence-electron chi connectivity index (χ4n) is 1.40. The summed E-state index contributed by atoms with van der Waals surface area (Å²) in [5.41, 5.74) is 5.92. The van der Waals surface area contributed by atoms with Gasteiger partial charge in [0.25, 0.3) is 0 Å². The largest absolute Gasteiger partial charge is 0.480 e. The van der Waals surface area contributed by atoms with Crippen LogP contribution in [0.5, 0.6) is 0 Å². The zero-order chi connectivity index (χ0) is 12.3. The Labute approximate surface area is 98.9 Å². The van der Waals surface area contributed by atoms with E-state index < -0.39 is 12.0 Å². The zero-order valence-electron chi connectivity index (χ0n) is 9.67. The van der Waals surface area contributed by atoms with Gasteiger partial charge in [-0.3, -0.25) is 4.79 Å². The topological polar surface area (TPSA) is 79.5 Å². The Morgan fingerprint density at radius 2 is 2.31 bits per heavy atom. The summed E-state index contributed by atoms with van der Waals surface area (Å²) >= 11 is 1.43. The number of rotatable bonds is 5. The maximum absolute atomic E-state index is 10.7. The summed E-state index contributed by atoms with van der Waals surface area (Å²) in [7, 11) is 0. The average molecular weight is 243 g/mol. The molecule has 0 spiro atoms. The van der Waals surface area contributed by atoms with E-state index in [0.29, 0.717) is 11.7 Å². The van der Waals surface area contributed by atoms with Gasteiger partial charge in [-0.15, -0.1) is 11.3 Å². The summed E-state index contributed by atoms with van der Waals surface area (Å²) in [6.07, 6.45) is 0. The molecule has 3 N–H and O–H groups in total. The summed E-state index contributed by atoms with van der Waals surface area (Å²) in [5.74, 6) is -1.05. The van der Waals surface area contributed by atoms with Crippen LogP contribution in [0.3, 0.4) is 0 Å². The van der Waals surface area contributed by atoms with Crippen LogP contribution in [-0.4, -0.2) is 28.6 Å². The maximum atomic E-state index is 10.7. The number of hydrogen-bond acceptors (Lipinski definition) is 5. The third-order valence-electron chi connectivity index (χ3n) is 2.30. The molecule has 0 bridgehead atoms. The molecule has 0 fully saturated rings. The lowest BCUT2D eigenvalue weighted by Gasteiger charge is -2.24. The highest BCUT2D eigenvalue weighted by Gasteiger charge is 2.20. The lowest BCUT2D eigenvalue weighted by atomic mass is 10.2. The molecule has 0 saturated heterocycles. The van der Waals surface area contributed by atoms with Crippen LogP contribution in [0, 0.1) is 0 Å². The summed E-state index contributed by atoms with van der Waals surface area (Å²) in [6.45, 7) is 7.02. The second kappa shape index (κ2) is 5.27. The Morgan fingerprint density at radius 3 is 2.75 bits per heavy atom.